The number of aromatic nitrogens is 1. The number of nitriles is 1. The molecule has 17 heavy (non-hydrogen) atoms. The number of amides is 1. The van der Waals surface area contributed by atoms with Crippen LogP contribution < -0.4 is 11.3 Å². The quantitative estimate of drug-likeness (QED) is 0.577. The number of nitrogens with zero attached hydrogens (tertiary/aromatic N) is 3. The minimum Gasteiger partial charge on any atom is -0.337 e. The van der Waals surface area contributed by atoms with Crippen LogP contribution in [0.25, 0.3) is 0 Å². The van der Waals surface area contributed by atoms with Gasteiger partial charge in [-0.1, -0.05) is 6.07 Å². The number of carbonyl (C=O) groups is 1. The molecule has 0 bridgehead atoms. The fourth-order valence-electron chi connectivity index (χ4n) is 1.38. The maximum atomic E-state index is 12.0. The number of pyridine rings is 1. The van der Waals surface area contributed by atoms with Gasteiger partial charge in [-0.15, -0.1) is 0 Å². The summed E-state index contributed by atoms with van der Waals surface area (Å²) in [5, 5.41) is 8.52. The predicted octanol–water partition coefficient (Wildman–Crippen LogP) is 0.743. The fraction of sp³-hybridized carbons (Fsp3) is 0.364. The molecule has 0 spiro atoms. The van der Waals surface area contributed by atoms with Crippen LogP contribution in [-0.2, 0) is 0 Å². The molecule has 0 unspecified atom stereocenters. The molecule has 0 radical (unpaired) electrons. The summed E-state index contributed by atoms with van der Waals surface area (Å²) in [4.78, 5) is 17.7. The highest BCUT2D eigenvalue weighted by molar-refractivity contribution is 5.92. The van der Waals surface area contributed by atoms with Crippen LogP contribution in [0.5, 0.6) is 0 Å². The lowest BCUT2D eigenvalue weighted by atomic mass is 10.3. The van der Waals surface area contributed by atoms with E-state index in [-0.39, 0.29) is 5.91 Å². The molecule has 0 aromatic carbocycles. The number of anilines is 1. The summed E-state index contributed by atoms with van der Waals surface area (Å²) in [6, 6.07) is 7.01. The van der Waals surface area contributed by atoms with Crippen LogP contribution in [-0.4, -0.2) is 28.9 Å². The molecule has 6 heteroatoms. The molecule has 1 aromatic heterocycles. The molecule has 1 rings (SSSR count). The molecule has 1 aromatic rings. The second-order valence-electron chi connectivity index (χ2n) is 3.35. The third-order valence-electron chi connectivity index (χ3n) is 2.28. The van der Waals surface area contributed by atoms with Crippen molar-refractivity contribution in [3.05, 3.63) is 23.9 Å². The van der Waals surface area contributed by atoms with Gasteiger partial charge in [-0.25, -0.2) is 10.8 Å². The van der Waals surface area contributed by atoms with E-state index in [1.165, 1.54) is 0 Å². The van der Waals surface area contributed by atoms with Gasteiger partial charge in [-0.05, 0) is 19.1 Å². The highest BCUT2D eigenvalue weighted by Crippen LogP contribution is 2.07. The zero-order chi connectivity index (χ0) is 12.7. The minimum atomic E-state index is -0.195. The monoisotopic (exact) mass is 233 g/mol. The molecular formula is C11H15N5O. The topological polar surface area (TPSA) is 95.0 Å². The molecular weight excluding hydrogens is 218 g/mol. The lowest BCUT2D eigenvalue weighted by molar-refractivity contribution is 0.0762. The van der Waals surface area contributed by atoms with Crippen molar-refractivity contribution in [1.82, 2.24) is 9.88 Å². The number of hydrogen-bond acceptors (Lipinski definition) is 5. The van der Waals surface area contributed by atoms with Crippen LogP contribution in [0.2, 0.25) is 0 Å². The molecule has 1 heterocycles. The summed E-state index contributed by atoms with van der Waals surface area (Å²) in [6.45, 7) is 2.82. The van der Waals surface area contributed by atoms with Gasteiger partial charge in [-0.2, -0.15) is 5.26 Å². The molecule has 3 N–H and O–H groups in total. The van der Waals surface area contributed by atoms with E-state index in [4.69, 9.17) is 11.1 Å². The standard InChI is InChI=1S/C11H15N5O/c1-2-16(8-4-7-12)11(17)9-5-3-6-10(14-9)15-13/h3,5-6H,2,4,8,13H2,1H3,(H,14,15). The van der Waals surface area contributed by atoms with Gasteiger partial charge in [0.1, 0.15) is 11.5 Å². The van der Waals surface area contributed by atoms with Crippen LogP contribution in [0.15, 0.2) is 18.2 Å². The van der Waals surface area contributed by atoms with Crippen LogP contribution in [0, 0.1) is 11.3 Å². The Balaban J connectivity index is 2.82. The first-order chi connectivity index (χ1) is 8.22. The van der Waals surface area contributed by atoms with E-state index in [0.29, 0.717) is 31.0 Å². The highest BCUT2D eigenvalue weighted by atomic mass is 16.2. The zero-order valence-electron chi connectivity index (χ0n) is 9.68. The van der Waals surface area contributed by atoms with E-state index in [9.17, 15) is 4.79 Å². The lowest BCUT2D eigenvalue weighted by Crippen LogP contribution is -2.32. The van der Waals surface area contributed by atoms with Crippen molar-refractivity contribution in [2.75, 3.05) is 18.5 Å². The Morgan fingerprint density at radius 1 is 1.65 bits per heavy atom. The number of nitrogens with two attached hydrogens (primary N) is 1. The summed E-state index contributed by atoms with van der Waals surface area (Å²) in [5.41, 5.74) is 2.71. The van der Waals surface area contributed by atoms with Gasteiger partial charge in [-0.3, -0.25) is 4.79 Å². The maximum Gasteiger partial charge on any atom is 0.272 e. The molecule has 0 aliphatic heterocycles. The van der Waals surface area contributed by atoms with Gasteiger partial charge < -0.3 is 10.3 Å². The van der Waals surface area contributed by atoms with Crippen molar-refractivity contribution in [3.8, 4) is 6.07 Å². The summed E-state index contributed by atoms with van der Waals surface area (Å²) < 4.78 is 0. The average molecular weight is 233 g/mol. The third kappa shape index (κ3) is 3.43. The van der Waals surface area contributed by atoms with Gasteiger partial charge in [0.25, 0.3) is 5.91 Å². The van der Waals surface area contributed by atoms with Crippen molar-refractivity contribution in [3.63, 3.8) is 0 Å². The molecule has 0 saturated heterocycles. The summed E-state index contributed by atoms with van der Waals surface area (Å²) in [5.74, 6) is 5.47. The highest BCUT2D eigenvalue weighted by Gasteiger charge is 2.15. The first kappa shape index (κ1) is 12.9. The Bertz CT molecular complexity index is 426. The lowest BCUT2D eigenvalue weighted by Gasteiger charge is -2.19. The molecule has 0 aliphatic carbocycles. The van der Waals surface area contributed by atoms with Crippen LogP contribution in [0.3, 0.4) is 0 Å². The number of nitrogens with one attached hydrogen (secondary N) is 1. The maximum absolute atomic E-state index is 12.0. The Hall–Kier alpha value is -2.13. The number of nitrogen functional groups attached to an aromatic ring is 1. The zero-order valence-corrected chi connectivity index (χ0v) is 9.68. The minimum absolute atomic E-state index is 0.195. The summed E-state index contributed by atoms with van der Waals surface area (Å²) in [7, 11) is 0. The summed E-state index contributed by atoms with van der Waals surface area (Å²) >= 11 is 0. The number of carbonyl (C=O) groups excluding carboxylic acids is 1. The molecule has 0 aliphatic rings. The molecule has 90 valence electrons. The van der Waals surface area contributed by atoms with Crippen LogP contribution in [0.1, 0.15) is 23.8 Å². The van der Waals surface area contributed by atoms with Gasteiger partial charge in [0.05, 0.1) is 12.5 Å². The fourth-order valence-corrected chi connectivity index (χ4v) is 1.38. The molecule has 1 amide bonds. The Morgan fingerprint density at radius 2 is 2.41 bits per heavy atom. The molecule has 6 nitrogen and oxygen atoms in total. The average Bonchev–Trinajstić information content (AvgIpc) is 2.39. The van der Waals surface area contributed by atoms with Crippen molar-refractivity contribution in [1.29, 1.82) is 5.26 Å². The van der Waals surface area contributed by atoms with Gasteiger partial charge in [0, 0.05) is 13.1 Å². The normalized spacial score (nSPS) is 9.47. The van der Waals surface area contributed by atoms with Gasteiger partial charge in [0.15, 0.2) is 0 Å². The van der Waals surface area contributed by atoms with Crippen molar-refractivity contribution in [2.24, 2.45) is 5.84 Å². The van der Waals surface area contributed by atoms with E-state index in [1.807, 2.05) is 13.0 Å². The van der Waals surface area contributed by atoms with E-state index in [0.717, 1.165) is 0 Å². The Labute approximate surface area is 100 Å². The van der Waals surface area contributed by atoms with Crippen LogP contribution >= 0.6 is 0 Å². The molecule has 0 fully saturated rings. The second-order valence-corrected chi connectivity index (χ2v) is 3.35. The first-order valence-electron chi connectivity index (χ1n) is 5.32. The third-order valence-corrected chi connectivity index (χ3v) is 2.28. The van der Waals surface area contributed by atoms with Crippen molar-refractivity contribution in [2.45, 2.75) is 13.3 Å². The van der Waals surface area contributed by atoms with Gasteiger partial charge in [0.2, 0.25) is 0 Å². The van der Waals surface area contributed by atoms with Crippen molar-refractivity contribution < 1.29 is 4.79 Å². The van der Waals surface area contributed by atoms with Gasteiger partial charge >= 0.3 is 0 Å². The molecule has 0 saturated carbocycles. The van der Waals surface area contributed by atoms with E-state index < -0.39 is 0 Å². The number of hydrogen-bond donors (Lipinski definition) is 2. The van der Waals surface area contributed by atoms with E-state index >= 15 is 0 Å². The predicted molar refractivity (Wildman–Crippen MR) is 63.9 cm³/mol. The summed E-state index contributed by atoms with van der Waals surface area (Å²) in [6.07, 6.45) is 0.314. The SMILES string of the molecule is CCN(CCC#N)C(=O)c1cccc(NN)n1. The largest absolute Gasteiger partial charge is 0.337 e. The number of hydrazine groups is 1. The van der Waals surface area contributed by atoms with Crippen LogP contribution in [0.4, 0.5) is 5.82 Å². The Kier molecular flexibility index (Phi) is 4.91. The molecule has 0 atom stereocenters. The first-order valence-corrected chi connectivity index (χ1v) is 5.32. The second kappa shape index (κ2) is 6.45. The van der Waals surface area contributed by atoms with Crippen molar-refractivity contribution >= 4 is 11.7 Å². The number of rotatable bonds is 5. The van der Waals surface area contributed by atoms with E-state index in [2.05, 4.69) is 10.4 Å². The van der Waals surface area contributed by atoms with E-state index in [1.54, 1.807) is 23.1 Å². The smallest absolute Gasteiger partial charge is 0.272 e. The Morgan fingerprint density at radius 3 is 3.00 bits per heavy atom.